The summed E-state index contributed by atoms with van der Waals surface area (Å²) in [6.07, 6.45) is -0.752. The number of hydrogen-bond donors (Lipinski definition) is 3. The lowest BCUT2D eigenvalue weighted by atomic mass is 10.1. The minimum atomic E-state index is -1.30. The molecule has 0 heterocycles. The molecule has 0 aliphatic carbocycles. The largest absolute Gasteiger partial charge is 0.481 e. The van der Waals surface area contributed by atoms with E-state index in [1.165, 1.54) is 18.9 Å². The van der Waals surface area contributed by atoms with Crippen molar-refractivity contribution in [2.45, 2.75) is 13.3 Å². The van der Waals surface area contributed by atoms with Crippen molar-refractivity contribution in [2.24, 2.45) is 0 Å². The van der Waals surface area contributed by atoms with Crippen LogP contribution in [0.1, 0.15) is 23.7 Å². The van der Waals surface area contributed by atoms with E-state index in [1.54, 1.807) is 22.6 Å². The topological polar surface area (TPSA) is 124 Å². The molecule has 0 atom stereocenters. The molecule has 0 aliphatic heterocycles. The van der Waals surface area contributed by atoms with Crippen LogP contribution in [0.5, 0.6) is 0 Å². The minimum Gasteiger partial charge on any atom is -0.481 e. The number of hydrogen-bond acceptors (Lipinski definition) is 4. The third-order valence-electron chi connectivity index (χ3n) is 2.89. The fourth-order valence-electron chi connectivity index (χ4n) is 1.72. The molecule has 8 nitrogen and oxygen atoms in total. The lowest BCUT2D eigenvalue weighted by molar-refractivity contribution is -0.139. The van der Waals surface area contributed by atoms with Gasteiger partial charge in [0.15, 0.2) is 0 Å². The van der Waals surface area contributed by atoms with E-state index in [2.05, 4.69) is 5.32 Å². The van der Waals surface area contributed by atoms with Crippen LogP contribution in [0.3, 0.4) is 0 Å². The van der Waals surface area contributed by atoms with E-state index in [1.807, 2.05) is 45.2 Å². The van der Waals surface area contributed by atoms with Crippen molar-refractivity contribution in [3.05, 3.63) is 16.3 Å². The van der Waals surface area contributed by atoms with Gasteiger partial charge in [0.25, 0.3) is 0 Å². The molecule has 11 heteroatoms. The molecule has 24 heavy (non-hydrogen) atoms. The number of rotatable bonds is 5. The molecule has 0 aromatic heterocycles. The van der Waals surface area contributed by atoms with Crippen molar-refractivity contribution in [2.75, 3.05) is 17.3 Å². The maximum atomic E-state index is 11.8. The summed E-state index contributed by atoms with van der Waals surface area (Å²) in [5.41, 5.74) is 0.445. The first kappa shape index (κ1) is 21.3. The highest BCUT2D eigenvalue weighted by molar-refractivity contribution is 14.1. The highest BCUT2D eigenvalue weighted by Crippen LogP contribution is 2.40. The molecule has 0 radical (unpaired) electrons. The number of carbonyl (C=O) groups is 4. The molecule has 0 aliphatic rings. The summed E-state index contributed by atoms with van der Waals surface area (Å²) in [6.45, 7) is 1.33. The summed E-state index contributed by atoms with van der Waals surface area (Å²) in [4.78, 5) is 47.0. The molecule has 0 bridgehead atoms. The number of halogens is 3. The number of carboxylic acids is 2. The van der Waals surface area contributed by atoms with Gasteiger partial charge in [0.2, 0.25) is 11.8 Å². The first-order chi connectivity index (χ1) is 11.0. The molecule has 1 rings (SSSR count). The van der Waals surface area contributed by atoms with Gasteiger partial charge in [-0.1, -0.05) is 0 Å². The van der Waals surface area contributed by atoms with Crippen molar-refractivity contribution >= 4 is 103 Å². The normalized spacial score (nSPS) is 10.2. The number of benzene rings is 1. The fourth-order valence-corrected chi connectivity index (χ4v) is 6.34. The van der Waals surface area contributed by atoms with Gasteiger partial charge >= 0.3 is 11.9 Å². The number of aromatic carboxylic acids is 1. The van der Waals surface area contributed by atoms with E-state index in [0.717, 1.165) is 0 Å². The molecule has 0 unspecified atom stereocenters. The minimum absolute atomic E-state index is 0.0645. The zero-order chi connectivity index (χ0) is 18.8. The number of anilines is 2. The molecule has 2 amide bonds. The summed E-state index contributed by atoms with van der Waals surface area (Å²) >= 11 is 5.50. The van der Waals surface area contributed by atoms with E-state index in [4.69, 9.17) is 5.11 Å². The van der Waals surface area contributed by atoms with Gasteiger partial charge < -0.3 is 20.4 Å². The molecule has 0 fully saturated rings. The highest BCUT2D eigenvalue weighted by atomic mass is 127. The number of nitrogens with zero attached hydrogens (tertiary/aromatic N) is 1. The number of carboxylic acid groups (broad SMARTS) is 2. The standard InChI is InChI=1S/C13H11I3N2O6/c1-4(19)18(2)12-9(15)7(13(23)24)8(14)11(10(12)16)17-5(20)3-6(21)22/h3H2,1-2H3,(H,17,20)(H,21,22)(H,23,24). The Kier molecular flexibility index (Phi) is 7.64. The predicted molar refractivity (Wildman–Crippen MR) is 112 cm³/mol. The Bertz CT molecular complexity index is 750. The quantitative estimate of drug-likeness (QED) is 0.327. The SMILES string of the molecule is CC(=O)N(C)c1c(I)c(NC(=O)CC(=O)O)c(I)c(C(=O)O)c1I. The second kappa shape index (κ2) is 8.59. The van der Waals surface area contributed by atoms with Crippen LogP contribution >= 0.6 is 67.8 Å². The van der Waals surface area contributed by atoms with E-state index in [-0.39, 0.29) is 20.7 Å². The van der Waals surface area contributed by atoms with E-state index >= 15 is 0 Å². The van der Waals surface area contributed by atoms with Crippen molar-refractivity contribution in [3.8, 4) is 0 Å². The van der Waals surface area contributed by atoms with Crippen LogP contribution in [-0.2, 0) is 14.4 Å². The summed E-state index contributed by atoms with van der Waals surface area (Å²) in [5, 5.41) is 20.6. The maximum absolute atomic E-state index is 11.8. The van der Waals surface area contributed by atoms with Gasteiger partial charge in [-0.05, 0) is 67.8 Å². The monoisotopic (exact) mass is 672 g/mol. The van der Waals surface area contributed by atoms with Crippen LogP contribution in [0.25, 0.3) is 0 Å². The zero-order valence-electron chi connectivity index (χ0n) is 12.3. The van der Waals surface area contributed by atoms with E-state index in [9.17, 15) is 24.3 Å². The average Bonchev–Trinajstić information content (AvgIpc) is 2.42. The van der Waals surface area contributed by atoms with Crippen LogP contribution in [-0.4, -0.2) is 41.0 Å². The molecule has 1 aromatic carbocycles. The van der Waals surface area contributed by atoms with Crippen molar-refractivity contribution < 1.29 is 29.4 Å². The lowest BCUT2D eigenvalue weighted by Crippen LogP contribution is -2.27. The Balaban J connectivity index is 3.64. The fraction of sp³-hybridized carbons (Fsp3) is 0.231. The molecule has 0 spiro atoms. The summed E-state index contributed by atoms with van der Waals surface area (Å²) in [5.74, 6) is -3.62. The molecular formula is C13H11I3N2O6. The van der Waals surface area contributed by atoms with Crippen molar-refractivity contribution in [1.29, 1.82) is 0 Å². The summed E-state index contributed by atoms with van der Waals surface area (Å²) < 4.78 is 1.05. The molecular weight excluding hydrogens is 661 g/mol. The van der Waals surface area contributed by atoms with Gasteiger partial charge in [-0.25, -0.2) is 4.79 Å². The third kappa shape index (κ3) is 4.68. The van der Waals surface area contributed by atoms with Crippen LogP contribution in [0.4, 0.5) is 11.4 Å². The Morgan fingerprint density at radius 2 is 1.58 bits per heavy atom. The molecule has 3 N–H and O–H groups in total. The van der Waals surface area contributed by atoms with Crippen LogP contribution in [0, 0.1) is 10.7 Å². The number of aliphatic carboxylic acids is 1. The van der Waals surface area contributed by atoms with Gasteiger partial charge in [0, 0.05) is 14.0 Å². The summed E-state index contributed by atoms with van der Waals surface area (Å²) in [6, 6.07) is 0. The maximum Gasteiger partial charge on any atom is 0.338 e. The highest BCUT2D eigenvalue weighted by Gasteiger charge is 2.28. The first-order valence-electron chi connectivity index (χ1n) is 6.18. The van der Waals surface area contributed by atoms with Gasteiger partial charge in [0.05, 0.1) is 27.6 Å². The second-order valence-electron chi connectivity index (χ2n) is 4.54. The predicted octanol–water partition coefficient (Wildman–Crippen LogP) is 2.59. The Morgan fingerprint density at radius 3 is 2.00 bits per heavy atom. The van der Waals surface area contributed by atoms with Gasteiger partial charge in [0.1, 0.15) is 6.42 Å². The number of carbonyl (C=O) groups excluding carboxylic acids is 2. The number of amides is 2. The first-order valence-corrected chi connectivity index (χ1v) is 9.42. The molecule has 0 saturated carbocycles. The Labute approximate surface area is 177 Å². The van der Waals surface area contributed by atoms with Crippen LogP contribution in [0.15, 0.2) is 0 Å². The zero-order valence-corrected chi connectivity index (χ0v) is 18.8. The number of nitrogens with one attached hydrogen (secondary N) is 1. The van der Waals surface area contributed by atoms with Crippen molar-refractivity contribution in [1.82, 2.24) is 0 Å². The third-order valence-corrected chi connectivity index (χ3v) is 6.07. The molecule has 0 saturated heterocycles. The lowest BCUT2D eigenvalue weighted by Gasteiger charge is -2.23. The van der Waals surface area contributed by atoms with Gasteiger partial charge in [-0.2, -0.15) is 0 Å². The van der Waals surface area contributed by atoms with E-state index in [0.29, 0.717) is 12.8 Å². The second-order valence-corrected chi connectivity index (χ2v) is 7.78. The molecule has 130 valence electrons. The van der Waals surface area contributed by atoms with Crippen LogP contribution in [0.2, 0.25) is 0 Å². The average molecular weight is 672 g/mol. The summed E-state index contributed by atoms with van der Waals surface area (Å²) in [7, 11) is 1.49. The van der Waals surface area contributed by atoms with E-state index < -0.39 is 24.3 Å². The Morgan fingerprint density at radius 1 is 1.04 bits per heavy atom. The molecule has 1 aromatic rings. The van der Waals surface area contributed by atoms with Crippen molar-refractivity contribution in [3.63, 3.8) is 0 Å². The van der Waals surface area contributed by atoms with Gasteiger partial charge in [-0.15, -0.1) is 0 Å². The smallest absolute Gasteiger partial charge is 0.338 e. The van der Waals surface area contributed by atoms with Gasteiger partial charge in [-0.3, -0.25) is 14.4 Å². The van der Waals surface area contributed by atoms with Crippen LogP contribution < -0.4 is 10.2 Å². The Hall–Kier alpha value is -0.710.